The molecule has 2 aromatic carbocycles. The summed E-state index contributed by atoms with van der Waals surface area (Å²) in [6.07, 6.45) is -0.147. The van der Waals surface area contributed by atoms with Crippen molar-refractivity contribution in [3.05, 3.63) is 63.1 Å². The fourth-order valence-electron chi connectivity index (χ4n) is 3.74. The van der Waals surface area contributed by atoms with Crippen molar-refractivity contribution in [2.24, 2.45) is 0 Å². The van der Waals surface area contributed by atoms with Crippen LogP contribution in [0.2, 0.25) is 10.0 Å². The highest BCUT2D eigenvalue weighted by molar-refractivity contribution is 6.46. The summed E-state index contributed by atoms with van der Waals surface area (Å²) in [6, 6.07) is 9.05. The lowest BCUT2D eigenvalue weighted by atomic mass is 9.94. The lowest BCUT2D eigenvalue weighted by Gasteiger charge is -2.27. The van der Waals surface area contributed by atoms with Crippen molar-refractivity contribution in [3.63, 3.8) is 0 Å². The van der Waals surface area contributed by atoms with Crippen LogP contribution in [-0.2, 0) is 14.3 Å². The quantitative estimate of drug-likeness (QED) is 0.321. The van der Waals surface area contributed by atoms with Crippen LogP contribution >= 0.6 is 23.2 Å². The number of aliphatic hydroxyl groups excluding tert-OH is 1. The smallest absolute Gasteiger partial charge is 0.295 e. The van der Waals surface area contributed by atoms with E-state index in [1.807, 2.05) is 13.8 Å². The molecule has 9 heteroatoms. The molecule has 2 aromatic rings. The number of rotatable bonds is 8. The number of hydrogen-bond donors (Lipinski definition) is 1. The Morgan fingerprint density at radius 2 is 1.76 bits per heavy atom. The van der Waals surface area contributed by atoms with Crippen LogP contribution < -0.4 is 9.47 Å². The van der Waals surface area contributed by atoms with Gasteiger partial charge >= 0.3 is 0 Å². The molecular weight excluding hydrogens is 469 g/mol. The summed E-state index contributed by atoms with van der Waals surface area (Å²) in [6.45, 7) is 4.10. The fourth-order valence-corrected chi connectivity index (χ4v) is 4.38. The number of nitrogens with zero attached hydrogens (tertiary/aromatic N) is 1. The Morgan fingerprint density at radius 3 is 2.33 bits per heavy atom. The predicted molar refractivity (Wildman–Crippen MR) is 126 cm³/mol. The van der Waals surface area contributed by atoms with Gasteiger partial charge in [-0.05, 0) is 32.0 Å². The fraction of sp³-hybridized carbons (Fsp3) is 0.333. The van der Waals surface area contributed by atoms with Crippen LogP contribution in [0.1, 0.15) is 31.0 Å². The van der Waals surface area contributed by atoms with E-state index in [2.05, 4.69) is 0 Å². The highest BCUT2D eigenvalue weighted by Crippen LogP contribution is 2.44. The van der Waals surface area contributed by atoms with Gasteiger partial charge in [-0.15, -0.1) is 0 Å². The van der Waals surface area contributed by atoms with Crippen molar-refractivity contribution in [2.45, 2.75) is 26.0 Å². The van der Waals surface area contributed by atoms with Gasteiger partial charge in [0.25, 0.3) is 11.7 Å². The third-order valence-electron chi connectivity index (χ3n) is 5.13. The van der Waals surface area contributed by atoms with Crippen LogP contribution in [0.4, 0.5) is 0 Å². The molecule has 1 aliphatic heterocycles. The second-order valence-electron chi connectivity index (χ2n) is 7.66. The maximum absolute atomic E-state index is 13.1. The summed E-state index contributed by atoms with van der Waals surface area (Å²) in [4.78, 5) is 27.5. The number of ketones is 1. The van der Waals surface area contributed by atoms with Crippen molar-refractivity contribution in [2.75, 3.05) is 27.4 Å². The second-order valence-corrected chi connectivity index (χ2v) is 8.48. The molecule has 1 fully saturated rings. The van der Waals surface area contributed by atoms with Gasteiger partial charge in [-0.2, -0.15) is 0 Å². The van der Waals surface area contributed by atoms with Crippen molar-refractivity contribution in [1.82, 2.24) is 4.90 Å². The van der Waals surface area contributed by atoms with Gasteiger partial charge in [-0.3, -0.25) is 9.59 Å². The molecule has 1 aliphatic rings. The number of halogens is 2. The van der Waals surface area contributed by atoms with Crippen LogP contribution in [0.5, 0.6) is 11.5 Å². The number of aliphatic hydroxyl groups is 1. The van der Waals surface area contributed by atoms with E-state index in [1.54, 1.807) is 24.3 Å². The molecule has 1 saturated heterocycles. The number of amides is 1. The zero-order valence-corrected chi connectivity index (χ0v) is 20.2. The molecule has 1 unspecified atom stereocenters. The summed E-state index contributed by atoms with van der Waals surface area (Å²) in [7, 11) is 2.92. The molecule has 0 saturated carbocycles. The molecule has 1 N–H and O–H groups in total. The van der Waals surface area contributed by atoms with E-state index >= 15 is 0 Å². The molecule has 0 spiro atoms. The van der Waals surface area contributed by atoms with E-state index in [9.17, 15) is 14.7 Å². The highest BCUT2D eigenvalue weighted by Gasteiger charge is 2.47. The molecule has 176 valence electrons. The molecule has 0 aromatic heterocycles. The molecule has 0 radical (unpaired) electrons. The van der Waals surface area contributed by atoms with Gasteiger partial charge in [0.15, 0.2) is 5.75 Å². The van der Waals surface area contributed by atoms with E-state index in [-0.39, 0.29) is 46.2 Å². The SMILES string of the molecule is COCCN1C(=O)C(=O)/C(=C(/O)c2cc(Cl)c(OC)c(Cl)c2)C1c1ccccc1OC(C)C. The molecule has 0 aliphatic carbocycles. The first-order valence-corrected chi connectivity index (χ1v) is 11.0. The first-order valence-electron chi connectivity index (χ1n) is 10.3. The molecular formula is C24H25Cl2NO6. The van der Waals surface area contributed by atoms with Crippen molar-refractivity contribution < 1.29 is 28.9 Å². The van der Waals surface area contributed by atoms with Crippen molar-refractivity contribution >= 4 is 40.7 Å². The molecule has 33 heavy (non-hydrogen) atoms. The minimum absolute atomic E-state index is 0.0896. The third-order valence-corrected chi connectivity index (χ3v) is 5.69. The van der Waals surface area contributed by atoms with Crippen molar-refractivity contribution in [3.8, 4) is 11.5 Å². The van der Waals surface area contributed by atoms with Gasteiger partial charge in [0.05, 0.1) is 41.5 Å². The zero-order chi connectivity index (χ0) is 24.3. The first kappa shape index (κ1) is 24.9. The Morgan fingerprint density at radius 1 is 1.12 bits per heavy atom. The second kappa shape index (κ2) is 10.5. The van der Waals surface area contributed by atoms with Crippen LogP contribution in [-0.4, -0.2) is 55.2 Å². The summed E-state index contributed by atoms with van der Waals surface area (Å²) in [5.74, 6) is -1.23. The largest absolute Gasteiger partial charge is 0.507 e. The van der Waals surface area contributed by atoms with Crippen LogP contribution in [0.15, 0.2) is 42.0 Å². The van der Waals surface area contributed by atoms with E-state index in [1.165, 1.54) is 31.3 Å². The molecule has 7 nitrogen and oxygen atoms in total. The lowest BCUT2D eigenvalue weighted by molar-refractivity contribution is -0.140. The summed E-state index contributed by atoms with van der Waals surface area (Å²) < 4.78 is 16.2. The Labute approximate surface area is 202 Å². The Balaban J connectivity index is 2.24. The lowest BCUT2D eigenvalue weighted by Crippen LogP contribution is -2.33. The topological polar surface area (TPSA) is 85.3 Å². The number of carbonyl (C=O) groups excluding carboxylic acids is 2. The highest BCUT2D eigenvalue weighted by atomic mass is 35.5. The maximum atomic E-state index is 13.1. The monoisotopic (exact) mass is 493 g/mol. The Bertz CT molecular complexity index is 1080. The van der Waals surface area contributed by atoms with Crippen LogP contribution in [0.3, 0.4) is 0 Å². The number of likely N-dealkylation sites (tertiary alicyclic amines) is 1. The standard InChI is InChI=1S/C24H25Cl2NO6/c1-13(2)33-18-8-6-5-7-15(18)20-19(22(29)24(30)27(20)9-10-31-3)21(28)14-11-16(25)23(32-4)17(26)12-14/h5-8,11-13,20,28H,9-10H2,1-4H3/b21-19+. The molecule has 1 heterocycles. The number of ether oxygens (including phenoxy) is 3. The normalized spacial score (nSPS) is 17.7. The summed E-state index contributed by atoms with van der Waals surface area (Å²) >= 11 is 12.5. The van der Waals surface area contributed by atoms with Gasteiger partial charge in [0.1, 0.15) is 11.5 Å². The average Bonchev–Trinajstić information content (AvgIpc) is 3.01. The molecule has 1 amide bonds. The van der Waals surface area contributed by atoms with Gasteiger partial charge < -0.3 is 24.2 Å². The van der Waals surface area contributed by atoms with E-state index in [0.29, 0.717) is 11.3 Å². The number of carbonyl (C=O) groups is 2. The number of benzene rings is 2. The zero-order valence-electron chi connectivity index (χ0n) is 18.7. The summed E-state index contributed by atoms with van der Waals surface area (Å²) in [5, 5.41) is 11.5. The van der Waals surface area contributed by atoms with Gasteiger partial charge in [0, 0.05) is 24.8 Å². The van der Waals surface area contributed by atoms with Crippen LogP contribution in [0.25, 0.3) is 5.76 Å². The number of hydrogen-bond acceptors (Lipinski definition) is 6. The molecule has 0 bridgehead atoms. The van der Waals surface area contributed by atoms with E-state index < -0.39 is 23.5 Å². The number of para-hydroxylation sites is 1. The molecule has 1 atom stereocenters. The van der Waals surface area contributed by atoms with E-state index in [0.717, 1.165) is 0 Å². The van der Waals surface area contributed by atoms with Gasteiger partial charge in [-0.1, -0.05) is 41.4 Å². The van der Waals surface area contributed by atoms with Crippen LogP contribution in [0, 0.1) is 0 Å². The first-order chi connectivity index (χ1) is 15.7. The Kier molecular flexibility index (Phi) is 7.89. The number of methoxy groups -OCH3 is 2. The maximum Gasteiger partial charge on any atom is 0.295 e. The third kappa shape index (κ3) is 4.95. The average molecular weight is 494 g/mol. The predicted octanol–water partition coefficient (Wildman–Crippen LogP) is 4.86. The Hall–Kier alpha value is -2.74. The van der Waals surface area contributed by atoms with Gasteiger partial charge in [0.2, 0.25) is 0 Å². The minimum atomic E-state index is -0.894. The number of Topliss-reactive ketones (excluding diaryl/α,β-unsaturated/α-hetero) is 1. The minimum Gasteiger partial charge on any atom is -0.507 e. The molecule has 3 rings (SSSR count). The van der Waals surface area contributed by atoms with Gasteiger partial charge in [-0.25, -0.2) is 0 Å². The summed E-state index contributed by atoms with van der Waals surface area (Å²) in [5.41, 5.74) is 0.657. The van der Waals surface area contributed by atoms with Crippen molar-refractivity contribution in [1.29, 1.82) is 0 Å². The van der Waals surface area contributed by atoms with E-state index in [4.69, 9.17) is 37.4 Å².